The summed E-state index contributed by atoms with van der Waals surface area (Å²) in [5.74, 6) is -0.0394. The van der Waals surface area contributed by atoms with E-state index in [-0.39, 0.29) is 12.2 Å². The summed E-state index contributed by atoms with van der Waals surface area (Å²) in [7, 11) is 0. The van der Waals surface area contributed by atoms with Crippen LogP contribution in [0.5, 0.6) is 0 Å². The predicted molar refractivity (Wildman–Crippen MR) is 93.1 cm³/mol. The molecule has 3 rings (SSSR count). The zero-order chi connectivity index (χ0) is 17.6. The van der Waals surface area contributed by atoms with E-state index in [1.54, 1.807) is 24.3 Å². The van der Waals surface area contributed by atoms with Crippen molar-refractivity contribution in [1.29, 1.82) is 0 Å². The van der Waals surface area contributed by atoms with Crippen molar-refractivity contribution in [3.05, 3.63) is 29.8 Å². The molecule has 136 valence electrons. The molecule has 7 heteroatoms. The highest BCUT2D eigenvalue weighted by Crippen LogP contribution is 2.25. The summed E-state index contributed by atoms with van der Waals surface area (Å²) in [5.41, 5.74) is 6.30. The van der Waals surface area contributed by atoms with Gasteiger partial charge in [0.15, 0.2) is 6.29 Å². The van der Waals surface area contributed by atoms with Crippen LogP contribution in [-0.4, -0.2) is 55.9 Å². The van der Waals surface area contributed by atoms with E-state index >= 15 is 0 Å². The Kier molecular flexibility index (Phi) is 6.01. The number of primary amides is 1. The van der Waals surface area contributed by atoms with Crippen molar-refractivity contribution in [3.63, 3.8) is 0 Å². The van der Waals surface area contributed by atoms with Crippen LogP contribution in [-0.2, 0) is 14.3 Å². The molecule has 3 N–H and O–H groups in total. The molecule has 2 aliphatic heterocycles. The van der Waals surface area contributed by atoms with Gasteiger partial charge in [0.05, 0.1) is 13.2 Å². The van der Waals surface area contributed by atoms with Crippen LogP contribution >= 0.6 is 0 Å². The second-order valence-electron chi connectivity index (χ2n) is 6.53. The third-order valence-corrected chi connectivity index (χ3v) is 4.77. The minimum atomic E-state index is -0.477. The molecule has 2 saturated heterocycles. The van der Waals surface area contributed by atoms with Gasteiger partial charge in [-0.25, -0.2) is 0 Å². The first kappa shape index (κ1) is 17.8. The minimum absolute atomic E-state index is 0.0311. The van der Waals surface area contributed by atoms with Crippen molar-refractivity contribution in [3.8, 4) is 0 Å². The minimum Gasteiger partial charge on any atom is -0.366 e. The molecule has 25 heavy (non-hydrogen) atoms. The van der Waals surface area contributed by atoms with E-state index in [1.165, 1.54) is 0 Å². The molecular weight excluding hydrogens is 322 g/mol. The lowest BCUT2D eigenvalue weighted by Gasteiger charge is -2.33. The average Bonchev–Trinajstić information content (AvgIpc) is 3.15. The summed E-state index contributed by atoms with van der Waals surface area (Å²) in [4.78, 5) is 25.4. The van der Waals surface area contributed by atoms with Crippen molar-refractivity contribution in [2.45, 2.75) is 25.6 Å². The SMILES string of the molecule is NC(=O)c1ccc(NC(=O)CCN2CCC(C3OCCO3)CC2)cc1. The lowest BCUT2D eigenvalue weighted by molar-refractivity contribution is -0.117. The Morgan fingerprint density at radius 2 is 1.76 bits per heavy atom. The number of nitrogens with one attached hydrogen (secondary N) is 1. The van der Waals surface area contributed by atoms with Crippen molar-refractivity contribution in [2.24, 2.45) is 11.7 Å². The van der Waals surface area contributed by atoms with Crippen LogP contribution in [0.1, 0.15) is 29.6 Å². The first-order valence-corrected chi connectivity index (χ1v) is 8.77. The molecule has 0 radical (unpaired) electrons. The molecule has 0 aliphatic carbocycles. The summed E-state index contributed by atoms with van der Waals surface area (Å²) >= 11 is 0. The van der Waals surface area contributed by atoms with Gasteiger partial charge < -0.3 is 25.4 Å². The van der Waals surface area contributed by atoms with E-state index in [9.17, 15) is 9.59 Å². The molecule has 1 aromatic carbocycles. The van der Waals surface area contributed by atoms with E-state index in [2.05, 4.69) is 10.2 Å². The lowest BCUT2D eigenvalue weighted by atomic mass is 9.96. The normalized spacial score (nSPS) is 19.8. The topological polar surface area (TPSA) is 93.9 Å². The van der Waals surface area contributed by atoms with Gasteiger partial charge in [0.2, 0.25) is 11.8 Å². The first-order valence-electron chi connectivity index (χ1n) is 8.77. The number of rotatable bonds is 6. The smallest absolute Gasteiger partial charge is 0.248 e. The van der Waals surface area contributed by atoms with Crippen molar-refractivity contribution in [2.75, 3.05) is 38.2 Å². The molecule has 0 saturated carbocycles. The Balaban J connectivity index is 1.37. The van der Waals surface area contributed by atoms with E-state index in [0.717, 1.165) is 32.5 Å². The maximum Gasteiger partial charge on any atom is 0.248 e. The van der Waals surface area contributed by atoms with Gasteiger partial charge in [-0.05, 0) is 50.2 Å². The second kappa shape index (κ2) is 8.42. The number of carbonyl (C=O) groups is 2. The van der Waals surface area contributed by atoms with Crippen LogP contribution in [0.2, 0.25) is 0 Å². The largest absolute Gasteiger partial charge is 0.366 e. The highest BCUT2D eigenvalue weighted by atomic mass is 16.7. The number of anilines is 1. The van der Waals surface area contributed by atoms with Gasteiger partial charge in [0, 0.05) is 30.1 Å². The van der Waals surface area contributed by atoms with Crippen LogP contribution in [0.15, 0.2) is 24.3 Å². The zero-order valence-electron chi connectivity index (χ0n) is 14.3. The molecule has 2 amide bonds. The molecule has 0 atom stereocenters. The maximum atomic E-state index is 12.1. The molecule has 0 spiro atoms. The fourth-order valence-corrected chi connectivity index (χ4v) is 3.30. The maximum absolute atomic E-state index is 12.1. The number of amides is 2. The van der Waals surface area contributed by atoms with Crippen molar-refractivity contribution >= 4 is 17.5 Å². The first-order chi connectivity index (χ1) is 12.1. The molecule has 2 heterocycles. The van der Waals surface area contributed by atoms with Gasteiger partial charge in [0.1, 0.15) is 0 Å². The van der Waals surface area contributed by atoms with Crippen molar-refractivity contribution in [1.82, 2.24) is 4.90 Å². The number of nitrogens with two attached hydrogens (primary N) is 1. The summed E-state index contributed by atoms with van der Waals surface area (Å²) in [5, 5.41) is 2.84. The van der Waals surface area contributed by atoms with Crippen LogP contribution < -0.4 is 11.1 Å². The Morgan fingerprint density at radius 1 is 1.12 bits per heavy atom. The van der Waals surface area contributed by atoms with E-state index in [1.807, 2.05) is 0 Å². The monoisotopic (exact) mass is 347 g/mol. The Bertz CT molecular complexity index is 591. The fraction of sp³-hybridized carbons (Fsp3) is 0.556. The van der Waals surface area contributed by atoms with Crippen LogP contribution in [0, 0.1) is 5.92 Å². The molecule has 2 fully saturated rings. The van der Waals surface area contributed by atoms with Crippen LogP contribution in [0.25, 0.3) is 0 Å². The highest BCUT2D eigenvalue weighted by molar-refractivity contribution is 5.94. The predicted octanol–water partition coefficient (Wildman–Crippen LogP) is 1.20. The Morgan fingerprint density at radius 3 is 2.36 bits per heavy atom. The Hall–Kier alpha value is -1.96. The Labute approximate surface area is 147 Å². The van der Waals surface area contributed by atoms with Gasteiger partial charge in [-0.1, -0.05) is 0 Å². The fourth-order valence-electron chi connectivity index (χ4n) is 3.30. The zero-order valence-corrected chi connectivity index (χ0v) is 14.3. The summed E-state index contributed by atoms with van der Waals surface area (Å²) in [6, 6.07) is 6.59. The molecule has 2 aliphatic rings. The number of hydrogen-bond donors (Lipinski definition) is 2. The third kappa shape index (κ3) is 5.01. The standard InChI is InChI=1S/C18H25N3O4/c19-17(23)13-1-3-15(4-2-13)20-16(22)7-10-21-8-5-14(6-9-21)18-24-11-12-25-18/h1-4,14,18H,5-12H2,(H2,19,23)(H,20,22). The molecule has 7 nitrogen and oxygen atoms in total. The quantitative estimate of drug-likeness (QED) is 0.806. The van der Waals surface area contributed by atoms with Crippen molar-refractivity contribution < 1.29 is 19.1 Å². The molecule has 0 unspecified atom stereocenters. The number of likely N-dealkylation sites (tertiary alicyclic amines) is 1. The van der Waals surface area contributed by atoms with Gasteiger partial charge in [-0.3, -0.25) is 9.59 Å². The molecular formula is C18H25N3O4. The average molecular weight is 347 g/mol. The van der Waals surface area contributed by atoms with E-state index in [4.69, 9.17) is 15.2 Å². The summed E-state index contributed by atoms with van der Waals surface area (Å²) in [6.07, 6.45) is 2.49. The number of hydrogen-bond acceptors (Lipinski definition) is 5. The van der Waals surface area contributed by atoms with Gasteiger partial charge in [-0.2, -0.15) is 0 Å². The van der Waals surface area contributed by atoms with Crippen LogP contribution in [0.3, 0.4) is 0 Å². The number of carbonyl (C=O) groups excluding carboxylic acids is 2. The van der Waals surface area contributed by atoms with Crippen LogP contribution in [0.4, 0.5) is 5.69 Å². The lowest BCUT2D eigenvalue weighted by Crippen LogP contribution is -2.39. The van der Waals surface area contributed by atoms with Gasteiger partial charge >= 0.3 is 0 Å². The van der Waals surface area contributed by atoms with E-state index < -0.39 is 5.91 Å². The number of ether oxygens (including phenoxy) is 2. The van der Waals surface area contributed by atoms with E-state index in [0.29, 0.717) is 36.8 Å². The summed E-state index contributed by atoms with van der Waals surface area (Å²) in [6.45, 7) is 4.07. The summed E-state index contributed by atoms with van der Waals surface area (Å²) < 4.78 is 11.2. The number of nitrogens with zero attached hydrogens (tertiary/aromatic N) is 1. The number of piperidine rings is 1. The van der Waals surface area contributed by atoms with Gasteiger partial charge in [-0.15, -0.1) is 0 Å². The molecule has 1 aromatic rings. The molecule has 0 bridgehead atoms. The van der Waals surface area contributed by atoms with Gasteiger partial charge in [0.25, 0.3) is 0 Å². The molecule has 0 aromatic heterocycles. The third-order valence-electron chi connectivity index (χ3n) is 4.77. The second-order valence-corrected chi connectivity index (χ2v) is 6.53. The number of benzene rings is 1. The highest BCUT2D eigenvalue weighted by Gasteiger charge is 2.30.